The van der Waals surface area contributed by atoms with Gasteiger partial charge in [0.25, 0.3) is 5.56 Å². The van der Waals surface area contributed by atoms with Gasteiger partial charge in [-0.2, -0.15) is 0 Å². The first kappa shape index (κ1) is 14.8. The Labute approximate surface area is 131 Å². The number of nitrogens with one attached hydrogen (secondary N) is 1. The lowest BCUT2D eigenvalue weighted by atomic mass is 10.0. The highest BCUT2D eigenvalue weighted by Crippen LogP contribution is 2.31. The zero-order chi connectivity index (χ0) is 15.9. The van der Waals surface area contributed by atoms with Gasteiger partial charge >= 0.3 is 0 Å². The summed E-state index contributed by atoms with van der Waals surface area (Å²) in [5, 5.41) is 6.29. The molecule has 0 fully saturated rings. The van der Waals surface area contributed by atoms with Crippen LogP contribution in [0.25, 0.3) is 22.0 Å². The number of aromatic amines is 1. The van der Waals surface area contributed by atoms with E-state index in [1.807, 2.05) is 0 Å². The second kappa shape index (κ2) is 5.24. The van der Waals surface area contributed by atoms with Gasteiger partial charge in [-0.3, -0.25) is 4.79 Å². The summed E-state index contributed by atoms with van der Waals surface area (Å²) < 4.78 is 22.5. The molecule has 0 aliphatic rings. The summed E-state index contributed by atoms with van der Waals surface area (Å²) in [4.78, 5) is 13.9. The molecule has 0 saturated carbocycles. The van der Waals surface area contributed by atoms with Crippen molar-refractivity contribution in [2.24, 2.45) is 5.14 Å². The second-order valence-electron chi connectivity index (χ2n) is 4.73. The number of H-pyrrole nitrogens is 1. The first-order chi connectivity index (χ1) is 10.3. The summed E-state index contributed by atoms with van der Waals surface area (Å²) in [7, 11) is -3.73. The number of fused-ring (bicyclic) bond motifs is 1. The maximum absolute atomic E-state index is 11.3. The van der Waals surface area contributed by atoms with Crippen molar-refractivity contribution in [3.8, 4) is 11.1 Å². The van der Waals surface area contributed by atoms with E-state index in [2.05, 4.69) is 11.1 Å². The zero-order valence-electron chi connectivity index (χ0n) is 11.1. The highest BCUT2D eigenvalue weighted by atomic mass is 35.5. The number of aromatic nitrogens is 1. The smallest absolute Gasteiger partial charge is 0.256 e. The van der Waals surface area contributed by atoms with Gasteiger partial charge in [-0.15, -0.1) is 0 Å². The van der Waals surface area contributed by atoms with E-state index in [1.54, 1.807) is 30.3 Å². The Hall–Kier alpha value is -2.15. The molecule has 0 atom stereocenters. The normalized spacial score (nSPS) is 11.7. The van der Waals surface area contributed by atoms with Crippen molar-refractivity contribution in [3.05, 3.63) is 63.9 Å². The predicted octanol–water partition coefficient (Wildman–Crippen LogP) is 2.30. The summed E-state index contributed by atoms with van der Waals surface area (Å²) >= 11 is 6.24. The monoisotopic (exact) mass is 333 g/mol. The van der Waals surface area contributed by atoms with Crippen molar-refractivity contribution in [3.63, 3.8) is 0 Å². The van der Waals surface area contributed by atoms with Crippen LogP contribution in [-0.2, 0) is 10.0 Å². The lowest BCUT2D eigenvalue weighted by molar-refractivity contribution is 0.598. The number of pyridine rings is 1. The maximum atomic E-state index is 11.3. The Morgan fingerprint density at radius 3 is 2.45 bits per heavy atom. The lowest BCUT2D eigenvalue weighted by Crippen LogP contribution is -2.11. The molecule has 1 radical (unpaired) electrons. The van der Waals surface area contributed by atoms with Crippen LogP contribution in [-0.4, -0.2) is 13.4 Å². The molecule has 0 amide bonds. The Morgan fingerprint density at radius 2 is 1.82 bits per heavy atom. The van der Waals surface area contributed by atoms with Crippen molar-refractivity contribution < 1.29 is 8.42 Å². The molecule has 0 unspecified atom stereocenters. The molecule has 5 nitrogen and oxygen atoms in total. The van der Waals surface area contributed by atoms with Crippen LogP contribution in [0.1, 0.15) is 0 Å². The maximum Gasteiger partial charge on any atom is 0.256 e. The van der Waals surface area contributed by atoms with Crippen LogP contribution in [0.4, 0.5) is 0 Å². The minimum atomic E-state index is -3.73. The van der Waals surface area contributed by atoms with E-state index in [4.69, 9.17) is 16.7 Å². The van der Waals surface area contributed by atoms with Crippen LogP contribution in [0.15, 0.2) is 52.2 Å². The first-order valence-electron chi connectivity index (χ1n) is 6.22. The first-order valence-corrected chi connectivity index (χ1v) is 8.14. The molecule has 3 aromatic rings. The Morgan fingerprint density at radius 1 is 1.14 bits per heavy atom. The third-order valence-corrected chi connectivity index (χ3v) is 4.48. The van der Waals surface area contributed by atoms with E-state index in [0.717, 1.165) is 16.5 Å². The van der Waals surface area contributed by atoms with Crippen LogP contribution < -0.4 is 10.7 Å². The van der Waals surface area contributed by atoms with Crippen LogP contribution >= 0.6 is 11.6 Å². The minimum absolute atomic E-state index is 0.0332. The molecule has 0 aliphatic carbocycles. The molecule has 111 valence electrons. The van der Waals surface area contributed by atoms with Gasteiger partial charge in [-0.1, -0.05) is 23.7 Å². The number of nitrogens with two attached hydrogens (primary N) is 1. The molecule has 0 spiro atoms. The van der Waals surface area contributed by atoms with Crippen molar-refractivity contribution >= 4 is 32.5 Å². The summed E-state index contributed by atoms with van der Waals surface area (Å²) in [5.41, 5.74) is 1.74. The number of rotatable bonds is 2. The SMILES string of the molecule is NS(=O)(=O)c1ccc(-c2cc3c[c]c(=O)[nH]c3cc2Cl)cc1. The van der Waals surface area contributed by atoms with Gasteiger partial charge in [0, 0.05) is 11.1 Å². The molecule has 0 aliphatic heterocycles. The highest BCUT2D eigenvalue weighted by molar-refractivity contribution is 7.89. The molecule has 2 aromatic carbocycles. The van der Waals surface area contributed by atoms with E-state index in [9.17, 15) is 13.2 Å². The number of halogens is 1. The summed E-state index contributed by atoms with van der Waals surface area (Å²) in [6.07, 6.45) is 0. The minimum Gasteiger partial charge on any atom is -0.321 e. The summed E-state index contributed by atoms with van der Waals surface area (Å²) in [6, 6.07) is 13.7. The van der Waals surface area contributed by atoms with Crippen molar-refractivity contribution in [2.45, 2.75) is 4.90 Å². The van der Waals surface area contributed by atoms with Gasteiger partial charge < -0.3 is 4.98 Å². The van der Waals surface area contributed by atoms with E-state index in [0.29, 0.717) is 10.5 Å². The topological polar surface area (TPSA) is 93.0 Å². The van der Waals surface area contributed by atoms with Gasteiger partial charge in [0.2, 0.25) is 10.0 Å². The summed E-state index contributed by atoms with van der Waals surface area (Å²) in [6.45, 7) is 0. The number of hydrogen-bond acceptors (Lipinski definition) is 3. The van der Waals surface area contributed by atoms with Crippen LogP contribution in [0.3, 0.4) is 0 Å². The van der Waals surface area contributed by atoms with Crippen molar-refractivity contribution in [1.82, 2.24) is 4.98 Å². The van der Waals surface area contributed by atoms with E-state index >= 15 is 0 Å². The van der Waals surface area contributed by atoms with E-state index in [-0.39, 0.29) is 10.5 Å². The van der Waals surface area contributed by atoms with Crippen molar-refractivity contribution in [2.75, 3.05) is 0 Å². The van der Waals surface area contributed by atoms with Gasteiger partial charge in [-0.05, 0) is 41.3 Å². The fourth-order valence-electron chi connectivity index (χ4n) is 2.16. The molecular formula is C15H10ClN2O3S. The van der Waals surface area contributed by atoms with Gasteiger partial charge in [0.15, 0.2) is 0 Å². The zero-order valence-corrected chi connectivity index (χ0v) is 12.7. The highest BCUT2D eigenvalue weighted by Gasteiger charge is 2.10. The fourth-order valence-corrected chi connectivity index (χ4v) is 2.95. The molecule has 7 heteroatoms. The Bertz CT molecular complexity index is 1020. The number of hydrogen-bond donors (Lipinski definition) is 2. The second-order valence-corrected chi connectivity index (χ2v) is 6.70. The predicted molar refractivity (Wildman–Crippen MR) is 85.2 cm³/mol. The van der Waals surface area contributed by atoms with Crippen LogP contribution in [0.5, 0.6) is 0 Å². The molecule has 3 N–H and O–H groups in total. The summed E-state index contributed by atoms with van der Waals surface area (Å²) in [5.74, 6) is 0. The van der Waals surface area contributed by atoms with Crippen LogP contribution in [0, 0.1) is 6.07 Å². The lowest BCUT2D eigenvalue weighted by Gasteiger charge is -2.08. The third-order valence-electron chi connectivity index (χ3n) is 3.24. The third kappa shape index (κ3) is 2.76. The molecule has 3 rings (SSSR count). The average molecular weight is 334 g/mol. The molecule has 0 saturated heterocycles. The largest absolute Gasteiger partial charge is 0.321 e. The Balaban J connectivity index is 2.15. The van der Waals surface area contributed by atoms with E-state index in [1.165, 1.54) is 12.1 Å². The Kier molecular flexibility index (Phi) is 3.52. The number of sulfonamides is 1. The van der Waals surface area contributed by atoms with Gasteiger partial charge in [0.1, 0.15) is 0 Å². The average Bonchev–Trinajstić information content (AvgIpc) is 2.45. The fraction of sp³-hybridized carbons (Fsp3) is 0. The molecular weight excluding hydrogens is 324 g/mol. The van der Waals surface area contributed by atoms with Crippen LogP contribution in [0.2, 0.25) is 5.02 Å². The molecule has 22 heavy (non-hydrogen) atoms. The number of primary sulfonamides is 1. The quantitative estimate of drug-likeness (QED) is 0.753. The van der Waals surface area contributed by atoms with E-state index < -0.39 is 10.0 Å². The molecule has 0 bridgehead atoms. The standard InChI is InChI=1S/C15H10ClN2O3S/c16-13-8-14-10(3-6-15(19)18-14)7-12(13)9-1-4-11(5-2-9)22(17,20)21/h1-5,7-8H,(H,18,19)(H2,17,20,21). The number of benzene rings is 2. The van der Waals surface area contributed by atoms with Gasteiger partial charge in [0.05, 0.1) is 16.0 Å². The molecule has 1 aromatic heterocycles. The molecule has 1 heterocycles. The van der Waals surface area contributed by atoms with Crippen molar-refractivity contribution in [1.29, 1.82) is 0 Å². The van der Waals surface area contributed by atoms with Gasteiger partial charge in [-0.25, -0.2) is 13.6 Å².